The zero-order chi connectivity index (χ0) is 17.9. The maximum Gasteiger partial charge on any atom is 0.236 e. The first kappa shape index (κ1) is 17.9. The molecule has 3 rings (SSSR count). The van der Waals surface area contributed by atoms with Gasteiger partial charge in [0.1, 0.15) is 0 Å². The molecule has 2 aromatic carbocycles. The Balaban J connectivity index is 1.60. The number of nitrogens with zero attached hydrogens (tertiary/aromatic N) is 1. The van der Waals surface area contributed by atoms with Gasteiger partial charge in [0.25, 0.3) is 0 Å². The quantitative estimate of drug-likeness (QED) is 0.789. The second kappa shape index (κ2) is 7.15. The summed E-state index contributed by atoms with van der Waals surface area (Å²) < 4.78 is 53.0. The van der Waals surface area contributed by atoms with Gasteiger partial charge in [-0.2, -0.15) is 0 Å². The molecule has 8 heteroatoms. The van der Waals surface area contributed by atoms with Crippen LogP contribution in [-0.2, 0) is 32.2 Å². The molecule has 2 aromatic rings. The summed E-state index contributed by atoms with van der Waals surface area (Å²) in [5.74, 6) is -0.435. The summed E-state index contributed by atoms with van der Waals surface area (Å²) in [4.78, 5) is 0. The van der Waals surface area contributed by atoms with Gasteiger partial charge in [-0.15, -0.1) is 0 Å². The van der Waals surface area contributed by atoms with E-state index in [9.17, 15) is 16.8 Å². The Kier molecular flexibility index (Phi) is 5.12. The van der Waals surface area contributed by atoms with E-state index < -0.39 is 20.0 Å². The van der Waals surface area contributed by atoms with Gasteiger partial charge in [0.15, 0.2) is 0 Å². The Morgan fingerprint density at radius 2 is 1.60 bits per heavy atom. The van der Waals surface area contributed by atoms with Gasteiger partial charge in [-0.25, -0.2) is 21.6 Å². The normalized spacial score (nSPS) is 14.5. The molecule has 6 nitrogen and oxygen atoms in total. The Morgan fingerprint density at radius 1 is 0.920 bits per heavy atom. The fourth-order valence-electron chi connectivity index (χ4n) is 2.88. The molecular weight excluding hydrogens is 360 g/mol. The van der Waals surface area contributed by atoms with Crippen molar-refractivity contribution in [1.82, 2.24) is 4.72 Å². The highest BCUT2D eigenvalue weighted by atomic mass is 32.2. The lowest BCUT2D eigenvalue weighted by atomic mass is 10.2. The summed E-state index contributed by atoms with van der Waals surface area (Å²) in [7, 11) is -7.14. The molecule has 1 N–H and O–H groups in total. The predicted octanol–water partition coefficient (Wildman–Crippen LogP) is 1.50. The highest BCUT2D eigenvalue weighted by Crippen LogP contribution is 2.29. The van der Waals surface area contributed by atoms with Crippen LogP contribution in [0.4, 0.5) is 5.69 Å². The molecule has 0 aromatic heterocycles. The third kappa shape index (κ3) is 4.39. The molecular formula is C17H20N2O4S2. The summed E-state index contributed by atoms with van der Waals surface area (Å²) >= 11 is 0. The predicted molar refractivity (Wildman–Crippen MR) is 98.3 cm³/mol. The lowest BCUT2D eigenvalue weighted by Crippen LogP contribution is -2.37. The Labute approximate surface area is 148 Å². The van der Waals surface area contributed by atoms with E-state index in [0.29, 0.717) is 24.2 Å². The van der Waals surface area contributed by atoms with Crippen LogP contribution in [0.15, 0.2) is 54.6 Å². The number of hydrogen-bond acceptors (Lipinski definition) is 4. The zero-order valence-electron chi connectivity index (χ0n) is 13.6. The summed E-state index contributed by atoms with van der Waals surface area (Å²) in [6, 6.07) is 16.1. The number of fused-ring (bicyclic) bond motifs is 1. The van der Waals surface area contributed by atoms with E-state index in [-0.39, 0.29) is 18.1 Å². The number of hydrogen-bond donors (Lipinski definition) is 1. The fourth-order valence-corrected chi connectivity index (χ4v) is 5.58. The molecule has 0 unspecified atom stereocenters. The van der Waals surface area contributed by atoms with Crippen molar-refractivity contribution in [2.75, 3.05) is 23.1 Å². The Morgan fingerprint density at radius 3 is 2.36 bits per heavy atom. The molecule has 0 saturated heterocycles. The van der Waals surface area contributed by atoms with Gasteiger partial charge in [0.2, 0.25) is 20.0 Å². The van der Waals surface area contributed by atoms with Gasteiger partial charge in [0.05, 0.1) is 17.2 Å². The van der Waals surface area contributed by atoms with Crippen molar-refractivity contribution >= 4 is 25.7 Å². The van der Waals surface area contributed by atoms with E-state index >= 15 is 0 Å². The van der Waals surface area contributed by atoms with E-state index in [0.717, 1.165) is 5.56 Å². The van der Waals surface area contributed by atoms with Gasteiger partial charge < -0.3 is 0 Å². The van der Waals surface area contributed by atoms with Crippen molar-refractivity contribution in [3.63, 3.8) is 0 Å². The van der Waals surface area contributed by atoms with Gasteiger partial charge in [-0.05, 0) is 23.6 Å². The van der Waals surface area contributed by atoms with Crippen LogP contribution >= 0.6 is 0 Å². The zero-order valence-corrected chi connectivity index (χ0v) is 15.3. The molecule has 25 heavy (non-hydrogen) atoms. The fraction of sp³-hybridized carbons (Fsp3) is 0.294. The van der Waals surface area contributed by atoms with E-state index in [1.165, 1.54) is 4.31 Å². The van der Waals surface area contributed by atoms with Crippen LogP contribution in [0.2, 0.25) is 0 Å². The van der Waals surface area contributed by atoms with Crippen molar-refractivity contribution in [1.29, 1.82) is 0 Å². The molecule has 1 aliphatic rings. The minimum atomic E-state index is -3.57. The topological polar surface area (TPSA) is 83.5 Å². The molecule has 0 fully saturated rings. The highest BCUT2D eigenvalue weighted by molar-refractivity contribution is 7.93. The maximum atomic E-state index is 12.5. The molecule has 0 bridgehead atoms. The van der Waals surface area contributed by atoms with Crippen molar-refractivity contribution in [2.45, 2.75) is 12.2 Å². The monoisotopic (exact) mass is 380 g/mol. The van der Waals surface area contributed by atoms with Gasteiger partial charge in [-0.3, -0.25) is 4.31 Å². The first-order valence-corrected chi connectivity index (χ1v) is 11.2. The summed E-state index contributed by atoms with van der Waals surface area (Å²) in [6.07, 6.45) is 0.676. The maximum absolute atomic E-state index is 12.5. The van der Waals surface area contributed by atoms with Crippen LogP contribution < -0.4 is 9.03 Å². The van der Waals surface area contributed by atoms with Crippen molar-refractivity contribution in [3.8, 4) is 0 Å². The first-order valence-electron chi connectivity index (χ1n) is 7.97. The van der Waals surface area contributed by atoms with Crippen LogP contribution in [0.5, 0.6) is 0 Å². The van der Waals surface area contributed by atoms with Gasteiger partial charge >= 0.3 is 0 Å². The number of sulfonamides is 2. The third-order valence-electron chi connectivity index (χ3n) is 4.06. The summed E-state index contributed by atoms with van der Waals surface area (Å²) in [5.41, 5.74) is 2.34. The van der Waals surface area contributed by atoms with Gasteiger partial charge in [-0.1, -0.05) is 48.5 Å². The molecule has 0 aliphatic carbocycles. The summed E-state index contributed by atoms with van der Waals surface area (Å²) in [6.45, 7) is 0.259. The standard InChI is InChI=1S/C17H20N2O4S2/c20-24(21,14-15-6-2-1-3-7-15)18-11-13-25(22,23)19-12-10-16-8-4-5-9-17(16)19/h1-9,18H,10-14H2. The number of nitrogens with one attached hydrogen (secondary N) is 1. The van der Waals surface area contributed by atoms with Crippen LogP contribution in [0.3, 0.4) is 0 Å². The van der Waals surface area contributed by atoms with Crippen molar-refractivity contribution in [3.05, 3.63) is 65.7 Å². The SMILES string of the molecule is O=S(=O)(Cc1ccccc1)NCCS(=O)(=O)N1CCc2ccccc21. The van der Waals surface area contributed by atoms with Gasteiger partial charge in [0, 0.05) is 13.1 Å². The van der Waals surface area contributed by atoms with Crippen LogP contribution in [0.25, 0.3) is 0 Å². The lowest BCUT2D eigenvalue weighted by molar-refractivity contribution is 0.579. The second-order valence-electron chi connectivity index (χ2n) is 5.91. The van der Waals surface area contributed by atoms with E-state index in [4.69, 9.17) is 0 Å². The number of para-hydroxylation sites is 1. The van der Waals surface area contributed by atoms with Crippen molar-refractivity contribution in [2.24, 2.45) is 0 Å². The highest BCUT2D eigenvalue weighted by Gasteiger charge is 2.29. The van der Waals surface area contributed by atoms with Crippen LogP contribution in [0, 0.1) is 0 Å². The largest absolute Gasteiger partial charge is 0.270 e. The lowest BCUT2D eigenvalue weighted by Gasteiger charge is -2.19. The van der Waals surface area contributed by atoms with Crippen molar-refractivity contribution < 1.29 is 16.8 Å². The number of rotatable bonds is 7. The number of anilines is 1. The van der Waals surface area contributed by atoms with Crippen LogP contribution in [-0.4, -0.2) is 35.7 Å². The molecule has 0 saturated carbocycles. The summed E-state index contributed by atoms with van der Waals surface area (Å²) in [5, 5.41) is 0. The Hall–Kier alpha value is -1.90. The van der Waals surface area contributed by atoms with Crippen LogP contribution in [0.1, 0.15) is 11.1 Å². The van der Waals surface area contributed by atoms with E-state index in [1.54, 1.807) is 36.4 Å². The molecule has 1 aliphatic heterocycles. The first-order chi connectivity index (χ1) is 11.9. The molecule has 0 amide bonds. The average Bonchev–Trinajstić information content (AvgIpc) is 3.00. The van der Waals surface area contributed by atoms with E-state index in [1.807, 2.05) is 18.2 Å². The minimum Gasteiger partial charge on any atom is -0.270 e. The third-order valence-corrected chi connectivity index (χ3v) is 7.19. The molecule has 0 spiro atoms. The minimum absolute atomic E-state index is 0.143. The molecule has 1 heterocycles. The molecule has 134 valence electrons. The average molecular weight is 380 g/mol. The Bertz CT molecular complexity index is 942. The second-order valence-corrected chi connectivity index (χ2v) is 9.73. The number of benzene rings is 2. The smallest absolute Gasteiger partial charge is 0.236 e. The molecule has 0 atom stereocenters. The molecule has 0 radical (unpaired) electrons. The van der Waals surface area contributed by atoms with E-state index in [2.05, 4.69) is 4.72 Å².